The Hall–Kier alpha value is -0.610. The lowest BCUT2D eigenvalue weighted by Crippen LogP contribution is -2.59. The summed E-state index contributed by atoms with van der Waals surface area (Å²) in [6.45, 7) is 4.60. The van der Waals surface area contributed by atoms with Crippen LogP contribution in [-0.2, 0) is 9.53 Å². The topological polar surface area (TPSA) is 66.8 Å². The molecule has 4 heteroatoms. The van der Waals surface area contributed by atoms with Gasteiger partial charge in [-0.05, 0) is 85.9 Å². The number of hydrogen-bond donors (Lipinski definition) is 2. The van der Waals surface area contributed by atoms with Crippen molar-refractivity contribution in [1.82, 2.24) is 0 Å². The van der Waals surface area contributed by atoms with Gasteiger partial charge in [0.1, 0.15) is 0 Å². The maximum Gasteiger partial charge on any atom is 0.309 e. The van der Waals surface area contributed by atoms with E-state index >= 15 is 0 Å². The van der Waals surface area contributed by atoms with Gasteiger partial charge < -0.3 is 14.9 Å². The fourth-order valence-corrected chi connectivity index (χ4v) is 7.89. The smallest absolute Gasteiger partial charge is 0.309 e. The molecule has 0 aromatic carbocycles. The van der Waals surface area contributed by atoms with Crippen molar-refractivity contribution in [2.45, 2.75) is 77.4 Å². The molecule has 0 unspecified atom stereocenters. The molecule has 9 atom stereocenters. The first-order chi connectivity index (χ1) is 11.8. The molecule has 4 saturated carbocycles. The molecule has 25 heavy (non-hydrogen) atoms. The highest BCUT2D eigenvalue weighted by Gasteiger charge is 2.64. The molecule has 4 fully saturated rings. The van der Waals surface area contributed by atoms with Gasteiger partial charge in [0.05, 0.1) is 25.2 Å². The van der Waals surface area contributed by atoms with Crippen LogP contribution >= 0.6 is 0 Å². The second-order valence-electron chi connectivity index (χ2n) is 9.93. The first-order valence-corrected chi connectivity index (χ1v) is 10.2. The maximum absolute atomic E-state index is 12.3. The number of esters is 1. The van der Waals surface area contributed by atoms with E-state index in [1.807, 2.05) is 0 Å². The Morgan fingerprint density at radius 3 is 2.52 bits per heavy atom. The van der Waals surface area contributed by atoms with Gasteiger partial charge in [-0.2, -0.15) is 0 Å². The minimum absolute atomic E-state index is 0.0585. The molecule has 142 valence electrons. The molecule has 0 heterocycles. The quantitative estimate of drug-likeness (QED) is 0.713. The van der Waals surface area contributed by atoms with Crippen LogP contribution in [-0.4, -0.2) is 35.5 Å². The standard InChI is InChI=1S/C21H34O4/c1-20-9-8-13(22)10-12(20)4-5-14-15-6-7-16(19(24)25-3)21(15,2)11-17(23)18(14)20/h12-18,22-23H,4-11H2,1-3H3/t12-,13+,14-,15-,16+,17-,18+,20-,21-/m0/s1. The molecule has 4 aliphatic carbocycles. The van der Waals surface area contributed by atoms with E-state index in [0.717, 1.165) is 51.4 Å². The third-order valence-corrected chi connectivity index (χ3v) is 9.05. The van der Waals surface area contributed by atoms with E-state index in [2.05, 4.69) is 13.8 Å². The molecular formula is C21H34O4. The lowest BCUT2D eigenvalue weighted by atomic mass is 9.44. The Bertz CT molecular complexity index is 548. The number of ether oxygens (including phenoxy) is 1. The molecule has 0 aliphatic heterocycles. The molecule has 0 radical (unpaired) electrons. The van der Waals surface area contributed by atoms with Crippen molar-refractivity contribution in [3.63, 3.8) is 0 Å². The predicted octanol–water partition coefficient (Wildman–Crippen LogP) is 3.15. The summed E-state index contributed by atoms with van der Waals surface area (Å²) >= 11 is 0. The van der Waals surface area contributed by atoms with Crippen LogP contribution in [0.25, 0.3) is 0 Å². The van der Waals surface area contributed by atoms with Gasteiger partial charge in [-0.15, -0.1) is 0 Å². The highest BCUT2D eigenvalue weighted by molar-refractivity contribution is 5.73. The summed E-state index contributed by atoms with van der Waals surface area (Å²) in [6.07, 6.45) is 7.34. The van der Waals surface area contributed by atoms with Crippen LogP contribution in [0.4, 0.5) is 0 Å². The second-order valence-corrected chi connectivity index (χ2v) is 9.93. The van der Waals surface area contributed by atoms with Crippen molar-refractivity contribution in [2.24, 2.45) is 40.4 Å². The maximum atomic E-state index is 12.3. The number of methoxy groups -OCH3 is 1. The number of fused-ring (bicyclic) bond motifs is 5. The summed E-state index contributed by atoms with van der Waals surface area (Å²) < 4.78 is 5.09. The molecule has 4 aliphatic rings. The average Bonchev–Trinajstić information content (AvgIpc) is 2.91. The minimum atomic E-state index is -0.334. The van der Waals surface area contributed by atoms with Gasteiger partial charge in [0.25, 0.3) is 0 Å². The molecule has 4 nitrogen and oxygen atoms in total. The Morgan fingerprint density at radius 2 is 1.80 bits per heavy atom. The largest absolute Gasteiger partial charge is 0.469 e. The fourth-order valence-electron chi connectivity index (χ4n) is 7.89. The first-order valence-electron chi connectivity index (χ1n) is 10.2. The molecule has 4 rings (SSSR count). The van der Waals surface area contributed by atoms with Crippen LogP contribution < -0.4 is 0 Å². The van der Waals surface area contributed by atoms with Crippen molar-refractivity contribution >= 4 is 5.97 Å². The predicted molar refractivity (Wildman–Crippen MR) is 94.6 cm³/mol. The zero-order valence-corrected chi connectivity index (χ0v) is 15.9. The van der Waals surface area contributed by atoms with Crippen molar-refractivity contribution in [3.8, 4) is 0 Å². The summed E-state index contributed by atoms with van der Waals surface area (Å²) in [5.41, 5.74) is 0.0251. The third kappa shape index (κ3) is 2.43. The van der Waals surface area contributed by atoms with E-state index in [-0.39, 0.29) is 34.9 Å². The van der Waals surface area contributed by atoms with Gasteiger partial charge in [-0.1, -0.05) is 13.8 Å². The highest BCUT2D eigenvalue weighted by atomic mass is 16.5. The number of hydrogen-bond acceptors (Lipinski definition) is 4. The summed E-state index contributed by atoms with van der Waals surface area (Å²) in [5, 5.41) is 21.4. The van der Waals surface area contributed by atoms with E-state index in [1.165, 1.54) is 7.11 Å². The zero-order valence-electron chi connectivity index (χ0n) is 15.9. The molecule has 0 bridgehead atoms. The summed E-state index contributed by atoms with van der Waals surface area (Å²) in [5.74, 6) is 1.75. The van der Waals surface area contributed by atoms with Gasteiger partial charge in [0.15, 0.2) is 0 Å². The van der Waals surface area contributed by atoms with Gasteiger partial charge >= 0.3 is 5.97 Å². The Labute approximate surface area is 151 Å². The summed E-state index contributed by atoms with van der Waals surface area (Å²) in [4.78, 5) is 12.3. The van der Waals surface area contributed by atoms with Crippen molar-refractivity contribution < 1.29 is 19.7 Å². The molecule has 2 N–H and O–H groups in total. The van der Waals surface area contributed by atoms with E-state index in [9.17, 15) is 15.0 Å². The molecule has 0 amide bonds. The number of aliphatic hydroxyl groups excluding tert-OH is 2. The Morgan fingerprint density at radius 1 is 1.04 bits per heavy atom. The Kier molecular flexibility index (Phi) is 4.23. The molecule has 0 saturated heterocycles. The zero-order chi connectivity index (χ0) is 18.0. The Balaban J connectivity index is 1.65. The average molecular weight is 350 g/mol. The van der Waals surface area contributed by atoms with Crippen LogP contribution in [0.5, 0.6) is 0 Å². The van der Waals surface area contributed by atoms with Gasteiger partial charge in [-0.3, -0.25) is 4.79 Å². The molecule has 0 aromatic heterocycles. The highest BCUT2D eigenvalue weighted by Crippen LogP contribution is 2.67. The SMILES string of the molecule is COC(=O)[C@H]1CC[C@H]2[C@@H]3CC[C@H]4C[C@H](O)CC[C@]4(C)[C@H]3[C@@H](O)C[C@]12C. The van der Waals surface area contributed by atoms with Crippen molar-refractivity contribution in [2.75, 3.05) is 7.11 Å². The van der Waals surface area contributed by atoms with Crippen LogP contribution in [0.3, 0.4) is 0 Å². The second kappa shape index (κ2) is 5.95. The van der Waals surface area contributed by atoms with E-state index in [0.29, 0.717) is 23.7 Å². The van der Waals surface area contributed by atoms with Gasteiger partial charge in [0, 0.05) is 0 Å². The van der Waals surface area contributed by atoms with Crippen LogP contribution in [0.2, 0.25) is 0 Å². The number of aliphatic hydroxyl groups is 2. The third-order valence-electron chi connectivity index (χ3n) is 9.05. The van der Waals surface area contributed by atoms with E-state index in [4.69, 9.17) is 4.74 Å². The lowest BCUT2D eigenvalue weighted by Gasteiger charge is -2.62. The van der Waals surface area contributed by atoms with Crippen molar-refractivity contribution in [3.05, 3.63) is 0 Å². The minimum Gasteiger partial charge on any atom is -0.469 e. The number of rotatable bonds is 1. The van der Waals surface area contributed by atoms with E-state index < -0.39 is 0 Å². The van der Waals surface area contributed by atoms with Gasteiger partial charge in [0.2, 0.25) is 0 Å². The lowest BCUT2D eigenvalue weighted by molar-refractivity contribution is -0.183. The normalized spacial score (nSPS) is 55.0. The number of carbonyl (C=O) groups excluding carboxylic acids is 1. The monoisotopic (exact) mass is 350 g/mol. The molecule has 0 spiro atoms. The van der Waals surface area contributed by atoms with Crippen molar-refractivity contribution in [1.29, 1.82) is 0 Å². The molecule has 0 aromatic rings. The van der Waals surface area contributed by atoms with Crippen LogP contribution in [0.15, 0.2) is 0 Å². The van der Waals surface area contributed by atoms with Crippen LogP contribution in [0, 0.1) is 40.4 Å². The summed E-state index contributed by atoms with van der Waals surface area (Å²) in [7, 11) is 1.49. The van der Waals surface area contributed by atoms with Gasteiger partial charge in [-0.25, -0.2) is 0 Å². The summed E-state index contributed by atoms with van der Waals surface area (Å²) in [6, 6.07) is 0. The van der Waals surface area contributed by atoms with Crippen LogP contribution in [0.1, 0.15) is 65.2 Å². The number of carbonyl (C=O) groups is 1. The fraction of sp³-hybridized carbons (Fsp3) is 0.952. The van der Waals surface area contributed by atoms with E-state index in [1.54, 1.807) is 0 Å². The first kappa shape index (κ1) is 17.8. The molecular weight excluding hydrogens is 316 g/mol.